The first kappa shape index (κ1) is 12.1. The molecule has 2 heterocycles. The molecule has 17 heavy (non-hydrogen) atoms. The molecule has 1 atom stereocenters. The fourth-order valence-corrected chi connectivity index (χ4v) is 1.92. The maximum Gasteiger partial charge on any atom is 0.160 e. The molecule has 0 spiro atoms. The highest BCUT2D eigenvalue weighted by molar-refractivity contribution is 5.40. The zero-order chi connectivity index (χ0) is 11.9. The number of nitrogen functional groups attached to an aromatic ring is 1. The summed E-state index contributed by atoms with van der Waals surface area (Å²) in [5.41, 5.74) is 2.47. The quantitative estimate of drug-likeness (QED) is 0.526. The molecule has 4 N–H and O–H groups in total. The normalized spacial score (nSPS) is 19.9. The van der Waals surface area contributed by atoms with Crippen LogP contribution in [0.2, 0.25) is 0 Å². The maximum atomic E-state index is 5.65. The van der Waals surface area contributed by atoms with E-state index >= 15 is 0 Å². The van der Waals surface area contributed by atoms with Gasteiger partial charge in [-0.2, -0.15) is 0 Å². The first-order valence-electron chi connectivity index (χ1n) is 6.02. The van der Waals surface area contributed by atoms with Gasteiger partial charge < -0.3 is 15.5 Å². The largest absolute Gasteiger partial charge is 0.378 e. The lowest BCUT2D eigenvalue weighted by Crippen LogP contribution is -2.22. The van der Waals surface area contributed by atoms with Gasteiger partial charge in [-0.05, 0) is 25.7 Å². The summed E-state index contributed by atoms with van der Waals surface area (Å²) < 4.78 is 5.65. The Balaban J connectivity index is 1.73. The van der Waals surface area contributed by atoms with E-state index in [0.29, 0.717) is 11.9 Å². The van der Waals surface area contributed by atoms with Crippen molar-refractivity contribution in [2.75, 3.05) is 23.9 Å². The highest BCUT2D eigenvalue weighted by Crippen LogP contribution is 2.15. The third kappa shape index (κ3) is 3.83. The predicted octanol–water partition coefficient (Wildman–Crippen LogP) is 1.13. The number of anilines is 2. The van der Waals surface area contributed by atoms with E-state index in [1.165, 1.54) is 12.8 Å². The van der Waals surface area contributed by atoms with Crippen LogP contribution in [-0.2, 0) is 4.74 Å². The Morgan fingerprint density at radius 3 is 3.00 bits per heavy atom. The monoisotopic (exact) mass is 237 g/mol. The summed E-state index contributed by atoms with van der Waals surface area (Å²) in [6, 6.07) is 0. The number of nitrogens with one attached hydrogen (secondary N) is 2. The second-order valence-electron chi connectivity index (χ2n) is 4.14. The molecule has 1 unspecified atom stereocenters. The molecule has 1 fully saturated rings. The number of aromatic nitrogens is 2. The molecular weight excluding hydrogens is 218 g/mol. The molecule has 1 aliphatic heterocycles. The van der Waals surface area contributed by atoms with E-state index in [9.17, 15) is 0 Å². The van der Waals surface area contributed by atoms with Crippen molar-refractivity contribution in [1.29, 1.82) is 0 Å². The molecule has 2 rings (SSSR count). The SMILES string of the molecule is NNc1cncc(NCCC2CCCCO2)n1. The average Bonchev–Trinajstić information content (AvgIpc) is 2.40. The van der Waals surface area contributed by atoms with Crippen molar-refractivity contribution >= 4 is 11.6 Å². The summed E-state index contributed by atoms with van der Waals surface area (Å²) in [5.74, 6) is 6.56. The molecule has 1 aromatic heterocycles. The molecule has 1 saturated heterocycles. The van der Waals surface area contributed by atoms with E-state index in [4.69, 9.17) is 10.6 Å². The number of hydrogen-bond donors (Lipinski definition) is 3. The van der Waals surface area contributed by atoms with Crippen molar-refractivity contribution in [1.82, 2.24) is 9.97 Å². The van der Waals surface area contributed by atoms with Crippen LogP contribution in [0.1, 0.15) is 25.7 Å². The highest BCUT2D eigenvalue weighted by Gasteiger charge is 2.12. The summed E-state index contributed by atoms with van der Waals surface area (Å²) in [7, 11) is 0. The topological polar surface area (TPSA) is 85.1 Å². The van der Waals surface area contributed by atoms with Crippen molar-refractivity contribution in [2.45, 2.75) is 31.8 Å². The van der Waals surface area contributed by atoms with Crippen molar-refractivity contribution in [3.8, 4) is 0 Å². The Bertz CT molecular complexity index is 340. The maximum absolute atomic E-state index is 5.65. The van der Waals surface area contributed by atoms with Crippen LogP contribution in [-0.4, -0.2) is 29.2 Å². The Morgan fingerprint density at radius 2 is 2.24 bits per heavy atom. The molecular formula is C11H19N5O. The number of nitrogens with two attached hydrogens (primary N) is 1. The molecule has 94 valence electrons. The van der Waals surface area contributed by atoms with Crippen LogP contribution in [0.15, 0.2) is 12.4 Å². The zero-order valence-electron chi connectivity index (χ0n) is 9.85. The van der Waals surface area contributed by atoms with Crippen LogP contribution < -0.4 is 16.6 Å². The van der Waals surface area contributed by atoms with Crippen LogP contribution in [0.3, 0.4) is 0 Å². The number of hydrazine groups is 1. The summed E-state index contributed by atoms with van der Waals surface area (Å²) in [6.45, 7) is 1.74. The van der Waals surface area contributed by atoms with Crippen LogP contribution in [0.5, 0.6) is 0 Å². The molecule has 6 heteroatoms. The van der Waals surface area contributed by atoms with Crippen molar-refractivity contribution in [3.63, 3.8) is 0 Å². The molecule has 0 radical (unpaired) electrons. The third-order valence-corrected chi connectivity index (χ3v) is 2.83. The van der Waals surface area contributed by atoms with E-state index in [1.807, 2.05) is 0 Å². The summed E-state index contributed by atoms with van der Waals surface area (Å²) in [5, 5.41) is 3.22. The predicted molar refractivity (Wildman–Crippen MR) is 66.5 cm³/mol. The fraction of sp³-hybridized carbons (Fsp3) is 0.636. The fourth-order valence-electron chi connectivity index (χ4n) is 1.92. The molecule has 0 aromatic carbocycles. The molecule has 1 aliphatic rings. The van der Waals surface area contributed by atoms with Gasteiger partial charge in [0.05, 0.1) is 18.5 Å². The lowest BCUT2D eigenvalue weighted by Gasteiger charge is -2.22. The van der Waals surface area contributed by atoms with Gasteiger partial charge in [0, 0.05) is 13.2 Å². The van der Waals surface area contributed by atoms with Gasteiger partial charge in [0.1, 0.15) is 5.82 Å². The Morgan fingerprint density at radius 1 is 1.35 bits per heavy atom. The minimum atomic E-state index is 0.389. The average molecular weight is 237 g/mol. The number of ether oxygens (including phenoxy) is 1. The van der Waals surface area contributed by atoms with Crippen molar-refractivity contribution in [3.05, 3.63) is 12.4 Å². The number of rotatable bonds is 5. The number of nitrogens with zero attached hydrogens (tertiary/aromatic N) is 2. The lowest BCUT2D eigenvalue weighted by atomic mass is 10.1. The Labute approximate surface area is 101 Å². The van der Waals surface area contributed by atoms with Gasteiger partial charge in [0.25, 0.3) is 0 Å². The van der Waals surface area contributed by atoms with Gasteiger partial charge in [-0.15, -0.1) is 0 Å². The first-order valence-corrected chi connectivity index (χ1v) is 6.02. The first-order chi connectivity index (χ1) is 8.38. The van der Waals surface area contributed by atoms with Crippen LogP contribution in [0, 0.1) is 0 Å². The van der Waals surface area contributed by atoms with Gasteiger partial charge in [-0.25, -0.2) is 10.8 Å². The van der Waals surface area contributed by atoms with Crippen LogP contribution >= 0.6 is 0 Å². The molecule has 0 amide bonds. The van der Waals surface area contributed by atoms with Gasteiger partial charge in [0.2, 0.25) is 0 Å². The minimum absolute atomic E-state index is 0.389. The second-order valence-corrected chi connectivity index (χ2v) is 4.14. The highest BCUT2D eigenvalue weighted by atomic mass is 16.5. The van der Waals surface area contributed by atoms with E-state index in [1.54, 1.807) is 12.4 Å². The second kappa shape index (κ2) is 6.36. The van der Waals surface area contributed by atoms with Gasteiger partial charge in [-0.3, -0.25) is 4.98 Å². The van der Waals surface area contributed by atoms with Gasteiger partial charge in [0.15, 0.2) is 5.82 Å². The van der Waals surface area contributed by atoms with Crippen LogP contribution in [0.4, 0.5) is 11.6 Å². The summed E-state index contributed by atoms with van der Waals surface area (Å²) >= 11 is 0. The number of hydrogen-bond acceptors (Lipinski definition) is 6. The van der Waals surface area contributed by atoms with E-state index in [0.717, 1.165) is 31.8 Å². The van der Waals surface area contributed by atoms with Crippen LogP contribution in [0.25, 0.3) is 0 Å². The smallest absolute Gasteiger partial charge is 0.160 e. The third-order valence-electron chi connectivity index (χ3n) is 2.83. The minimum Gasteiger partial charge on any atom is -0.378 e. The van der Waals surface area contributed by atoms with E-state index in [-0.39, 0.29) is 0 Å². The molecule has 0 bridgehead atoms. The molecule has 0 aliphatic carbocycles. The van der Waals surface area contributed by atoms with Gasteiger partial charge in [-0.1, -0.05) is 0 Å². The lowest BCUT2D eigenvalue weighted by molar-refractivity contribution is 0.0134. The molecule has 0 saturated carbocycles. The standard InChI is InChI=1S/C11H19N5O/c12-16-11-8-13-7-10(15-11)14-5-4-9-3-1-2-6-17-9/h7-9H,1-6,12H2,(H2,14,15,16). The zero-order valence-corrected chi connectivity index (χ0v) is 9.85. The summed E-state index contributed by atoms with van der Waals surface area (Å²) in [6.07, 6.45) is 8.29. The van der Waals surface area contributed by atoms with Gasteiger partial charge >= 0.3 is 0 Å². The molecule has 6 nitrogen and oxygen atoms in total. The summed E-state index contributed by atoms with van der Waals surface area (Å²) in [4.78, 5) is 8.25. The molecule has 1 aromatic rings. The Kier molecular flexibility index (Phi) is 4.52. The van der Waals surface area contributed by atoms with E-state index in [2.05, 4.69) is 20.7 Å². The van der Waals surface area contributed by atoms with Crippen molar-refractivity contribution < 1.29 is 4.74 Å². The Hall–Kier alpha value is -1.40. The van der Waals surface area contributed by atoms with Crippen molar-refractivity contribution in [2.24, 2.45) is 5.84 Å². The van der Waals surface area contributed by atoms with E-state index < -0.39 is 0 Å².